The molecule has 0 saturated carbocycles. The van der Waals surface area contributed by atoms with Crippen LogP contribution in [0.5, 0.6) is 5.75 Å². The third-order valence-corrected chi connectivity index (χ3v) is 3.70. The summed E-state index contributed by atoms with van der Waals surface area (Å²) in [6.45, 7) is -1.37. The van der Waals surface area contributed by atoms with Gasteiger partial charge in [0, 0.05) is 29.9 Å². The van der Waals surface area contributed by atoms with Gasteiger partial charge >= 0.3 is 6.61 Å². The highest BCUT2D eigenvalue weighted by atomic mass is 79.9. The van der Waals surface area contributed by atoms with Crippen molar-refractivity contribution in [3.8, 4) is 5.75 Å². The Morgan fingerprint density at radius 1 is 1.39 bits per heavy atom. The van der Waals surface area contributed by atoms with Gasteiger partial charge in [-0.3, -0.25) is 4.79 Å². The number of alkyl halides is 3. The number of amides is 1. The summed E-state index contributed by atoms with van der Waals surface area (Å²) in [4.78, 5) is 13.7. The third-order valence-electron chi connectivity index (χ3n) is 2.79. The van der Waals surface area contributed by atoms with Crippen molar-refractivity contribution in [2.45, 2.75) is 6.61 Å². The Hall–Kier alpha value is -1.17. The first-order chi connectivity index (χ1) is 8.60. The maximum Gasteiger partial charge on any atom is 0.387 e. The molecule has 18 heavy (non-hydrogen) atoms. The first-order valence-electron chi connectivity index (χ1n) is 5.50. The van der Waals surface area contributed by atoms with Gasteiger partial charge in [-0.15, -0.1) is 0 Å². The number of benzene rings is 1. The van der Waals surface area contributed by atoms with Crippen molar-refractivity contribution in [1.82, 2.24) is 4.90 Å². The van der Waals surface area contributed by atoms with Crippen molar-refractivity contribution in [2.75, 3.05) is 18.4 Å². The molecule has 1 aromatic rings. The van der Waals surface area contributed by atoms with E-state index in [4.69, 9.17) is 0 Å². The molecule has 1 aromatic carbocycles. The first-order valence-corrected chi connectivity index (χ1v) is 6.62. The molecule has 98 valence electrons. The van der Waals surface area contributed by atoms with Gasteiger partial charge in [0.25, 0.3) is 5.91 Å². The van der Waals surface area contributed by atoms with Crippen LogP contribution in [0.2, 0.25) is 0 Å². The van der Waals surface area contributed by atoms with Crippen molar-refractivity contribution < 1.29 is 18.3 Å². The lowest BCUT2D eigenvalue weighted by Crippen LogP contribution is -2.50. The molecule has 0 radical (unpaired) electrons. The minimum atomic E-state index is -2.85. The Bertz CT molecular complexity index is 419. The van der Waals surface area contributed by atoms with Crippen LogP contribution in [0.4, 0.5) is 8.78 Å². The molecule has 0 atom stereocenters. The molecule has 0 spiro atoms. The van der Waals surface area contributed by atoms with E-state index in [9.17, 15) is 13.6 Å². The summed E-state index contributed by atoms with van der Waals surface area (Å²) in [5, 5.41) is 0.887. The highest BCUT2D eigenvalue weighted by Crippen LogP contribution is 2.21. The second kappa shape index (κ2) is 5.65. The van der Waals surface area contributed by atoms with E-state index < -0.39 is 6.61 Å². The summed E-state index contributed by atoms with van der Waals surface area (Å²) in [6, 6.07) is 5.76. The maximum atomic E-state index is 12.0. The van der Waals surface area contributed by atoms with E-state index in [0.29, 0.717) is 11.5 Å². The van der Waals surface area contributed by atoms with Crippen LogP contribution in [0.1, 0.15) is 10.4 Å². The second-order valence-corrected chi connectivity index (χ2v) is 4.78. The summed E-state index contributed by atoms with van der Waals surface area (Å²) >= 11 is 3.37. The van der Waals surface area contributed by atoms with Gasteiger partial charge in [0.15, 0.2) is 0 Å². The number of carbonyl (C=O) groups is 1. The molecule has 1 aliphatic rings. The molecule has 1 aliphatic heterocycles. The zero-order valence-corrected chi connectivity index (χ0v) is 11.1. The van der Waals surface area contributed by atoms with E-state index in [0.717, 1.165) is 18.4 Å². The molecule has 1 fully saturated rings. The number of halogens is 3. The highest BCUT2D eigenvalue weighted by Gasteiger charge is 2.30. The summed E-state index contributed by atoms with van der Waals surface area (Å²) in [5.74, 6) is 0.495. The van der Waals surface area contributed by atoms with Gasteiger partial charge in [-0.25, -0.2) is 0 Å². The third kappa shape index (κ3) is 2.98. The number of hydrogen-bond donors (Lipinski definition) is 0. The van der Waals surface area contributed by atoms with Crippen LogP contribution in [0.3, 0.4) is 0 Å². The van der Waals surface area contributed by atoms with E-state index in [2.05, 4.69) is 20.7 Å². The molecular weight excluding hydrogens is 308 g/mol. The quantitative estimate of drug-likeness (QED) is 0.799. The Kier molecular flexibility index (Phi) is 4.16. The van der Waals surface area contributed by atoms with Crippen molar-refractivity contribution >= 4 is 21.8 Å². The Morgan fingerprint density at radius 3 is 2.50 bits per heavy atom. The molecule has 1 heterocycles. The maximum absolute atomic E-state index is 12.0. The number of rotatable bonds is 4. The summed E-state index contributed by atoms with van der Waals surface area (Å²) in [5.41, 5.74) is 0.490. The first kappa shape index (κ1) is 13.3. The molecule has 0 aliphatic carbocycles. The minimum absolute atomic E-state index is 0.0588. The number of carbonyl (C=O) groups excluding carboxylic acids is 1. The van der Waals surface area contributed by atoms with E-state index >= 15 is 0 Å². The minimum Gasteiger partial charge on any atom is -0.435 e. The van der Waals surface area contributed by atoms with Crippen molar-refractivity contribution in [2.24, 2.45) is 5.92 Å². The molecule has 2 rings (SSSR count). The fourth-order valence-corrected chi connectivity index (χ4v) is 2.20. The van der Waals surface area contributed by atoms with Gasteiger partial charge in [-0.05, 0) is 24.3 Å². The zero-order valence-electron chi connectivity index (χ0n) is 9.48. The smallest absolute Gasteiger partial charge is 0.387 e. The summed E-state index contributed by atoms with van der Waals surface area (Å²) < 4.78 is 28.1. The van der Waals surface area contributed by atoms with Crippen LogP contribution < -0.4 is 4.74 Å². The van der Waals surface area contributed by atoms with Crippen LogP contribution in [0.15, 0.2) is 24.3 Å². The number of likely N-dealkylation sites (tertiary alicyclic amines) is 1. The lowest BCUT2D eigenvalue weighted by Gasteiger charge is -2.38. The molecular formula is C12H12BrF2NO2. The largest absolute Gasteiger partial charge is 0.435 e. The van der Waals surface area contributed by atoms with Crippen LogP contribution in [0, 0.1) is 5.92 Å². The van der Waals surface area contributed by atoms with E-state index in [1.165, 1.54) is 24.3 Å². The molecule has 0 N–H and O–H groups in total. The second-order valence-electron chi connectivity index (χ2n) is 4.13. The number of nitrogens with zero attached hydrogens (tertiary/aromatic N) is 1. The standard InChI is InChI=1S/C12H12BrF2NO2/c13-5-8-6-16(7-8)11(17)9-1-3-10(4-2-9)18-12(14)15/h1-4,8,12H,5-7H2. The molecule has 6 heteroatoms. The van der Waals surface area contributed by atoms with Crippen LogP contribution in [0.25, 0.3) is 0 Å². The predicted octanol–water partition coefficient (Wildman–Crippen LogP) is 2.75. The van der Waals surface area contributed by atoms with Crippen molar-refractivity contribution in [3.63, 3.8) is 0 Å². The molecule has 1 amide bonds. The summed E-state index contributed by atoms with van der Waals surface area (Å²) in [7, 11) is 0. The molecule has 0 bridgehead atoms. The Morgan fingerprint density at radius 2 is 2.00 bits per heavy atom. The van der Waals surface area contributed by atoms with Crippen LogP contribution in [-0.4, -0.2) is 35.8 Å². The van der Waals surface area contributed by atoms with E-state index in [1.54, 1.807) is 4.90 Å². The molecule has 1 saturated heterocycles. The van der Waals surface area contributed by atoms with Gasteiger partial charge in [0.1, 0.15) is 5.75 Å². The van der Waals surface area contributed by atoms with Crippen LogP contribution in [-0.2, 0) is 0 Å². The Labute approximate surface area is 112 Å². The van der Waals surface area contributed by atoms with E-state index in [-0.39, 0.29) is 11.7 Å². The van der Waals surface area contributed by atoms with Gasteiger partial charge in [-0.1, -0.05) is 15.9 Å². The average Bonchev–Trinajstić information content (AvgIpc) is 2.27. The van der Waals surface area contributed by atoms with E-state index in [1.807, 2.05) is 0 Å². The monoisotopic (exact) mass is 319 g/mol. The number of hydrogen-bond acceptors (Lipinski definition) is 2. The fourth-order valence-electron chi connectivity index (χ4n) is 1.79. The van der Waals surface area contributed by atoms with Gasteiger partial charge in [0.2, 0.25) is 0 Å². The average molecular weight is 320 g/mol. The van der Waals surface area contributed by atoms with Gasteiger partial charge in [-0.2, -0.15) is 8.78 Å². The highest BCUT2D eigenvalue weighted by molar-refractivity contribution is 9.09. The molecule has 3 nitrogen and oxygen atoms in total. The van der Waals surface area contributed by atoms with Gasteiger partial charge < -0.3 is 9.64 Å². The lowest BCUT2D eigenvalue weighted by atomic mass is 10.0. The molecule has 0 unspecified atom stereocenters. The number of ether oxygens (including phenoxy) is 1. The predicted molar refractivity (Wildman–Crippen MR) is 66.3 cm³/mol. The lowest BCUT2D eigenvalue weighted by molar-refractivity contribution is -0.0498. The van der Waals surface area contributed by atoms with Crippen LogP contribution >= 0.6 is 15.9 Å². The topological polar surface area (TPSA) is 29.5 Å². The van der Waals surface area contributed by atoms with Crippen molar-refractivity contribution in [3.05, 3.63) is 29.8 Å². The zero-order chi connectivity index (χ0) is 13.1. The SMILES string of the molecule is O=C(c1ccc(OC(F)F)cc1)N1CC(CBr)C1. The molecule has 0 aromatic heterocycles. The van der Waals surface area contributed by atoms with Crippen molar-refractivity contribution in [1.29, 1.82) is 0 Å². The van der Waals surface area contributed by atoms with Gasteiger partial charge in [0.05, 0.1) is 0 Å². The normalized spacial score (nSPS) is 15.7. The Balaban J connectivity index is 1.95. The fraction of sp³-hybridized carbons (Fsp3) is 0.417. The summed E-state index contributed by atoms with van der Waals surface area (Å²) in [6.07, 6.45) is 0.